The van der Waals surface area contributed by atoms with E-state index in [4.69, 9.17) is 5.26 Å². The zero-order valence-electron chi connectivity index (χ0n) is 11.2. The Morgan fingerprint density at radius 2 is 2.38 bits per heavy atom. The van der Waals surface area contributed by atoms with E-state index in [0.29, 0.717) is 6.54 Å². The minimum Gasteiger partial charge on any atom is -0.334 e. The van der Waals surface area contributed by atoms with E-state index in [9.17, 15) is 9.18 Å². The summed E-state index contributed by atoms with van der Waals surface area (Å²) in [7, 11) is 0. The van der Waals surface area contributed by atoms with Crippen molar-refractivity contribution in [1.29, 1.82) is 5.26 Å². The van der Waals surface area contributed by atoms with E-state index in [2.05, 4.69) is 20.7 Å². The number of hydrogen-bond acceptors (Lipinski definition) is 4. The van der Waals surface area contributed by atoms with Gasteiger partial charge in [-0.1, -0.05) is 0 Å². The van der Waals surface area contributed by atoms with Crippen LogP contribution in [0, 0.1) is 17.1 Å². The summed E-state index contributed by atoms with van der Waals surface area (Å²) in [6.07, 6.45) is 2.95. The Kier molecular flexibility index (Phi) is 4.46. The summed E-state index contributed by atoms with van der Waals surface area (Å²) in [5.41, 5.74) is 0.318. The lowest BCUT2D eigenvalue weighted by atomic mass is 10.2. The minimum atomic E-state index is -0.531. The van der Waals surface area contributed by atoms with Crippen LogP contribution in [0.15, 0.2) is 30.9 Å². The second kappa shape index (κ2) is 6.47. The summed E-state index contributed by atoms with van der Waals surface area (Å²) >= 11 is 0. The number of benzene rings is 1. The first-order chi connectivity index (χ1) is 10.1. The number of nitrogens with one attached hydrogen (secondary N) is 2. The average Bonchev–Trinajstić information content (AvgIpc) is 2.93. The number of halogens is 1. The van der Waals surface area contributed by atoms with E-state index in [1.54, 1.807) is 17.9 Å². The van der Waals surface area contributed by atoms with Crippen LogP contribution in [0.4, 0.5) is 14.9 Å². The van der Waals surface area contributed by atoms with Gasteiger partial charge in [-0.05, 0) is 25.1 Å². The topological polar surface area (TPSA) is 95.6 Å². The van der Waals surface area contributed by atoms with Crippen LogP contribution in [0.25, 0.3) is 0 Å². The molecule has 0 saturated carbocycles. The predicted octanol–water partition coefficient (Wildman–Crippen LogP) is 1.50. The van der Waals surface area contributed by atoms with Gasteiger partial charge in [-0.25, -0.2) is 14.2 Å². The van der Waals surface area contributed by atoms with Gasteiger partial charge in [0.2, 0.25) is 0 Å². The summed E-state index contributed by atoms with van der Waals surface area (Å²) in [5.74, 6) is -0.531. The normalized spacial score (nSPS) is 11.5. The van der Waals surface area contributed by atoms with Gasteiger partial charge < -0.3 is 10.6 Å². The Morgan fingerprint density at radius 3 is 3.05 bits per heavy atom. The Balaban J connectivity index is 1.94. The molecular formula is C13H13FN6O. The van der Waals surface area contributed by atoms with Crippen LogP contribution < -0.4 is 10.6 Å². The Labute approximate surface area is 120 Å². The maximum absolute atomic E-state index is 13.0. The molecule has 0 radical (unpaired) electrons. The van der Waals surface area contributed by atoms with Crippen LogP contribution in [0.1, 0.15) is 12.5 Å². The van der Waals surface area contributed by atoms with Crippen molar-refractivity contribution in [3.63, 3.8) is 0 Å². The molecule has 7 nitrogen and oxygen atoms in total. The molecule has 0 spiro atoms. The van der Waals surface area contributed by atoms with Gasteiger partial charge in [-0.15, -0.1) is 0 Å². The number of rotatable bonds is 4. The highest BCUT2D eigenvalue weighted by Crippen LogP contribution is 2.15. The maximum atomic E-state index is 13.0. The smallest absolute Gasteiger partial charge is 0.319 e. The molecule has 0 aliphatic carbocycles. The van der Waals surface area contributed by atoms with E-state index in [1.165, 1.54) is 18.5 Å². The fourth-order valence-corrected chi connectivity index (χ4v) is 1.75. The van der Waals surface area contributed by atoms with Crippen molar-refractivity contribution >= 4 is 11.7 Å². The van der Waals surface area contributed by atoms with Crippen LogP contribution in [-0.4, -0.2) is 26.8 Å². The molecule has 21 heavy (non-hydrogen) atoms. The van der Waals surface area contributed by atoms with E-state index >= 15 is 0 Å². The van der Waals surface area contributed by atoms with Crippen molar-refractivity contribution in [2.45, 2.75) is 19.5 Å². The number of nitriles is 1. The molecule has 1 heterocycles. The van der Waals surface area contributed by atoms with Gasteiger partial charge in [-0.3, -0.25) is 4.68 Å². The minimum absolute atomic E-state index is 0.0640. The third-order valence-electron chi connectivity index (χ3n) is 2.66. The third kappa shape index (κ3) is 4.01. The van der Waals surface area contributed by atoms with Crippen molar-refractivity contribution in [2.24, 2.45) is 0 Å². The molecule has 0 aliphatic rings. The molecule has 2 N–H and O–H groups in total. The molecule has 1 unspecified atom stereocenters. The SMILES string of the molecule is CC(Cn1cncn1)NC(=O)Nc1ccc(F)cc1C#N. The van der Waals surface area contributed by atoms with Crippen molar-refractivity contribution in [3.8, 4) is 6.07 Å². The fraction of sp³-hybridized carbons (Fsp3) is 0.231. The van der Waals surface area contributed by atoms with E-state index in [1.807, 2.05) is 6.07 Å². The molecule has 0 saturated heterocycles. The Bertz CT molecular complexity index is 664. The van der Waals surface area contributed by atoms with Gasteiger partial charge in [0.25, 0.3) is 0 Å². The van der Waals surface area contributed by atoms with Gasteiger partial charge in [0.1, 0.15) is 24.5 Å². The Morgan fingerprint density at radius 1 is 1.57 bits per heavy atom. The van der Waals surface area contributed by atoms with Crippen LogP contribution >= 0.6 is 0 Å². The van der Waals surface area contributed by atoms with E-state index in [0.717, 1.165) is 6.07 Å². The maximum Gasteiger partial charge on any atom is 0.319 e. The van der Waals surface area contributed by atoms with Gasteiger partial charge in [0.05, 0.1) is 17.8 Å². The molecular weight excluding hydrogens is 275 g/mol. The standard InChI is InChI=1S/C13H13FN6O/c1-9(6-20-8-16-7-17-20)18-13(21)19-12-3-2-11(14)4-10(12)5-15/h2-4,7-9H,6H2,1H3,(H2,18,19,21). The van der Waals surface area contributed by atoms with Crippen molar-refractivity contribution < 1.29 is 9.18 Å². The van der Waals surface area contributed by atoms with Gasteiger partial charge >= 0.3 is 6.03 Å². The second-order valence-electron chi connectivity index (χ2n) is 4.42. The van der Waals surface area contributed by atoms with Crippen molar-refractivity contribution in [2.75, 3.05) is 5.32 Å². The number of carbonyl (C=O) groups excluding carboxylic acids is 1. The molecule has 8 heteroatoms. The molecule has 0 fully saturated rings. The van der Waals surface area contributed by atoms with E-state index in [-0.39, 0.29) is 17.3 Å². The number of anilines is 1. The second-order valence-corrected chi connectivity index (χ2v) is 4.42. The number of nitrogens with zero attached hydrogens (tertiary/aromatic N) is 4. The van der Waals surface area contributed by atoms with Crippen molar-refractivity contribution in [1.82, 2.24) is 20.1 Å². The molecule has 0 aliphatic heterocycles. The third-order valence-corrected chi connectivity index (χ3v) is 2.66. The number of amides is 2. The number of carbonyl (C=O) groups is 1. The first-order valence-corrected chi connectivity index (χ1v) is 6.18. The van der Waals surface area contributed by atoms with E-state index < -0.39 is 11.8 Å². The monoisotopic (exact) mass is 288 g/mol. The van der Waals surface area contributed by atoms with Crippen LogP contribution in [0.2, 0.25) is 0 Å². The van der Waals surface area contributed by atoms with Crippen LogP contribution in [0.3, 0.4) is 0 Å². The molecule has 2 aromatic rings. The molecule has 108 valence electrons. The highest BCUT2D eigenvalue weighted by Gasteiger charge is 2.11. The molecule has 1 atom stereocenters. The first-order valence-electron chi connectivity index (χ1n) is 6.18. The van der Waals surface area contributed by atoms with Crippen molar-refractivity contribution in [3.05, 3.63) is 42.2 Å². The van der Waals surface area contributed by atoms with Gasteiger partial charge in [0.15, 0.2) is 0 Å². The van der Waals surface area contributed by atoms with Crippen LogP contribution in [-0.2, 0) is 6.54 Å². The first kappa shape index (κ1) is 14.5. The summed E-state index contributed by atoms with van der Waals surface area (Å²) < 4.78 is 14.6. The highest BCUT2D eigenvalue weighted by atomic mass is 19.1. The van der Waals surface area contributed by atoms with Crippen LogP contribution in [0.5, 0.6) is 0 Å². The summed E-state index contributed by atoms with van der Waals surface area (Å²) in [6, 6.07) is 4.73. The molecule has 1 aromatic carbocycles. The lowest BCUT2D eigenvalue weighted by molar-refractivity contribution is 0.247. The lowest BCUT2D eigenvalue weighted by Gasteiger charge is -2.14. The predicted molar refractivity (Wildman–Crippen MR) is 72.8 cm³/mol. The number of hydrogen-bond donors (Lipinski definition) is 2. The fourth-order valence-electron chi connectivity index (χ4n) is 1.75. The summed E-state index contributed by atoms with van der Waals surface area (Å²) in [5, 5.41) is 18.0. The zero-order chi connectivity index (χ0) is 15.2. The summed E-state index contributed by atoms with van der Waals surface area (Å²) in [6.45, 7) is 2.26. The quantitative estimate of drug-likeness (QED) is 0.891. The summed E-state index contributed by atoms with van der Waals surface area (Å²) in [4.78, 5) is 15.6. The largest absolute Gasteiger partial charge is 0.334 e. The van der Waals surface area contributed by atoms with Gasteiger partial charge in [-0.2, -0.15) is 10.4 Å². The molecule has 1 aromatic heterocycles. The van der Waals surface area contributed by atoms with Gasteiger partial charge in [0, 0.05) is 6.04 Å². The average molecular weight is 288 g/mol. The number of aromatic nitrogens is 3. The zero-order valence-corrected chi connectivity index (χ0v) is 11.2. The highest BCUT2D eigenvalue weighted by molar-refractivity contribution is 5.90. The lowest BCUT2D eigenvalue weighted by Crippen LogP contribution is -2.38. The molecule has 2 rings (SSSR count). The molecule has 2 amide bonds. The Hall–Kier alpha value is -2.95. The molecule has 0 bridgehead atoms. The number of urea groups is 1.